The van der Waals surface area contributed by atoms with Crippen LogP contribution in [0.25, 0.3) is 11.8 Å². The van der Waals surface area contributed by atoms with Gasteiger partial charge in [-0.3, -0.25) is 4.99 Å². The van der Waals surface area contributed by atoms with E-state index in [0.29, 0.717) is 0 Å². The van der Waals surface area contributed by atoms with Gasteiger partial charge in [-0.1, -0.05) is 68.5 Å². The minimum absolute atomic E-state index is 0.769. The number of allylic oxidation sites excluding steroid dienone is 1. The Kier molecular flexibility index (Phi) is 7.83. The quantitative estimate of drug-likeness (QED) is 0.444. The van der Waals surface area contributed by atoms with Gasteiger partial charge in [-0.05, 0) is 55.7 Å². The number of benzene rings is 3. The summed E-state index contributed by atoms with van der Waals surface area (Å²) in [7, 11) is 0. The highest BCUT2D eigenvalue weighted by molar-refractivity contribution is 5.84. The zero-order valence-electron chi connectivity index (χ0n) is 18.6. The van der Waals surface area contributed by atoms with Crippen molar-refractivity contribution in [2.45, 2.75) is 33.6 Å². The van der Waals surface area contributed by atoms with Crippen LogP contribution in [0.5, 0.6) is 0 Å². The molecule has 0 aromatic heterocycles. The van der Waals surface area contributed by atoms with Crippen LogP contribution in [0.4, 0.5) is 17.1 Å². The molecule has 2 N–H and O–H groups in total. The van der Waals surface area contributed by atoms with E-state index in [-0.39, 0.29) is 0 Å². The van der Waals surface area contributed by atoms with Crippen molar-refractivity contribution >= 4 is 35.0 Å². The number of aliphatic imine (C=N–C) groups is 1. The van der Waals surface area contributed by atoms with Crippen LogP contribution in [0.15, 0.2) is 90.1 Å². The first-order valence-corrected chi connectivity index (χ1v) is 11.0. The fraction of sp³-hybridized carbons (Fsp3) is 0.179. The number of nitrogens with zero attached hydrogens (tertiary/aromatic N) is 2. The summed E-state index contributed by atoms with van der Waals surface area (Å²) in [6, 6.07) is 25.5. The molecule has 0 atom stereocenters. The lowest BCUT2D eigenvalue weighted by atomic mass is 9.95. The minimum Gasteiger partial charge on any atom is -0.403 e. The number of anilines is 3. The first-order valence-electron chi connectivity index (χ1n) is 11.0. The lowest BCUT2D eigenvalue weighted by Gasteiger charge is -2.29. The van der Waals surface area contributed by atoms with Crippen molar-refractivity contribution in [1.82, 2.24) is 0 Å². The third-order valence-electron chi connectivity index (χ3n) is 5.14. The summed E-state index contributed by atoms with van der Waals surface area (Å²) in [5.41, 5.74) is 13.6. The summed E-state index contributed by atoms with van der Waals surface area (Å²) in [6.45, 7) is 5.89. The van der Waals surface area contributed by atoms with Crippen LogP contribution in [0.1, 0.15) is 43.9 Å². The summed E-state index contributed by atoms with van der Waals surface area (Å²) < 4.78 is 0. The molecular formula is C28H31N3. The van der Waals surface area contributed by atoms with Crippen molar-refractivity contribution in [1.29, 1.82) is 0 Å². The predicted octanol–water partition coefficient (Wildman–Crippen LogP) is 7.49. The van der Waals surface area contributed by atoms with Gasteiger partial charge in [0.2, 0.25) is 0 Å². The first kappa shape index (κ1) is 22.1. The highest BCUT2D eigenvalue weighted by atomic mass is 15.1. The molecule has 4 rings (SSSR count). The second-order valence-corrected chi connectivity index (χ2v) is 6.95. The number of nitrogens with two attached hydrogens (primary N) is 1. The van der Waals surface area contributed by atoms with E-state index in [1.807, 2.05) is 26.8 Å². The van der Waals surface area contributed by atoms with E-state index in [4.69, 9.17) is 5.73 Å². The Labute approximate surface area is 186 Å². The fourth-order valence-corrected chi connectivity index (χ4v) is 3.78. The van der Waals surface area contributed by atoms with E-state index < -0.39 is 0 Å². The molecule has 3 aromatic carbocycles. The van der Waals surface area contributed by atoms with Gasteiger partial charge in [0.25, 0.3) is 0 Å². The predicted molar refractivity (Wildman–Crippen MR) is 136 cm³/mol. The molecule has 31 heavy (non-hydrogen) atoms. The van der Waals surface area contributed by atoms with Crippen LogP contribution in [0.3, 0.4) is 0 Å². The fourth-order valence-electron chi connectivity index (χ4n) is 3.78. The van der Waals surface area contributed by atoms with E-state index in [0.717, 1.165) is 35.5 Å². The summed E-state index contributed by atoms with van der Waals surface area (Å²) in [5, 5.41) is 0. The van der Waals surface area contributed by atoms with Gasteiger partial charge >= 0.3 is 0 Å². The van der Waals surface area contributed by atoms with Crippen LogP contribution in [-0.2, 0) is 6.42 Å². The minimum atomic E-state index is 0.769. The molecule has 0 saturated carbocycles. The van der Waals surface area contributed by atoms with Crippen LogP contribution in [0, 0.1) is 0 Å². The molecule has 0 bridgehead atoms. The number of para-hydroxylation sites is 1. The Balaban J connectivity index is 0.00000132. The van der Waals surface area contributed by atoms with Gasteiger partial charge in [-0.2, -0.15) is 0 Å². The Morgan fingerprint density at radius 3 is 2.29 bits per heavy atom. The Morgan fingerprint density at radius 1 is 0.903 bits per heavy atom. The number of fused-ring (bicyclic) bond motifs is 1. The monoisotopic (exact) mass is 409 g/mol. The van der Waals surface area contributed by atoms with Crippen LogP contribution < -0.4 is 10.6 Å². The van der Waals surface area contributed by atoms with Crippen LogP contribution in [-0.4, -0.2) is 6.21 Å². The third kappa shape index (κ3) is 4.95. The molecule has 0 radical (unpaired) electrons. The first-order chi connectivity index (χ1) is 15.3. The maximum Gasteiger partial charge on any atom is 0.0852 e. The highest BCUT2D eigenvalue weighted by Gasteiger charge is 2.18. The van der Waals surface area contributed by atoms with Crippen LogP contribution >= 0.6 is 0 Å². The van der Waals surface area contributed by atoms with Gasteiger partial charge in [0.1, 0.15) is 0 Å². The van der Waals surface area contributed by atoms with E-state index in [1.165, 1.54) is 16.8 Å². The molecule has 1 aliphatic carbocycles. The summed E-state index contributed by atoms with van der Waals surface area (Å²) in [6.07, 6.45) is 10.0. The average Bonchev–Trinajstić information content (AvgIpc) is 2.85. The maximum atomic E-state index is 5.75. The number of rotatable bonds is 5. The molecule has 0 heterocycles. The zero-order valence-corrected chi connectivity index (χ0v) is 18.6. The highest BCUT2D eigenvalue weighted by Crippen LogP contribution is 2.39. The van der Waals surface area contributed by atoms with E-state index in [2.05, 4.69) is 88.8 Å². The molecule has 0 saturated heterocycles. The van der Waals surface area contributed by atoms with Gasteiger partial charge in [-0.15, -0.1) is 0 Å². The molecule has 0 fully saturated rings. The molecule has 3 nitrogen and oxygen atoms in total. The molecule has 0 spiro atoms. The lowest BCUT2D eigenvalue weighted by molar-refractivity contribution is 0.984. The Hall–Kier alpha value is -3.59. The molecule has 158 valence electrons. The third-order valence-corrected chi connectivity index (χ3v) is 5.14. The van der Waals surface area contributed by atoms with Gasteiger partial charge < -0.3 is 10.6 Å². The summed E-state index contributed by atoms with van der Waals surface area (Å²) >= 11 is 0. The molecule has 0 unspecified atom stereocenters. The average molecular weight is 410 g/mol. The Morgan fingerprint density at radius 2 is 1.61 bits per heavy atom. The van der Waals surface area contributed by atoms with Crippen molar-refractivity contribution in [2.24, 2.45) is 10.7 Å². The topological polar surface area (TPSA) is 41.6 Å². The summed E-state index contributed by atoms with van der Waals surface area (Å²) in [5.74, 6) is 0. The van der Waals surface area contributed by atoms with Crippen molar-refractivity contribution in [3.8, 4) is 0 Å². The summed E-state index contributed by atoms with van der Waals surface area (Å²) in [4.78, 5) is 6.66. The molecule has 1 aliphatic rings. The standard InChI is InChI=1S/C26H25N3.C2H6/c1-2-28-25(19-27)21-15-17-23(18-16-21)29(22-11-4-3-5-12-22)26-14-8-10-20-9-6-7-13-24(20)26;1-2/h2-5,7-8,10-19H,6,9,27H2,1H3;1-2H3/b25-19-,28-2?;. The van der Waals surface area contributed by atoms with Gasteiger partial charge in [0.05, 0.1) is 11.4 Å². The molecule has 3 heteroatoms. The van der Waals surface area contributed by atoms with Gasteiger partial charge in [0.15, 0.2) is 0 Å². The normalized spacial score (nSPS) is 12.8. The molecular weight excluding hydrogens is 378 g/mol. The zero-order chi connectivity index (χ0) is 22.1. The lowest BCUT2D eigenvalue weighted by Crippen LogP contribution is -2.13. The smallest absolute Gasteiger partial charge is 0.0852 e. The van der Waals surface area contributed by atoms with Gasteiger partial charge in [-0.25, -0.2) is 0 Å². The van der Waals surface area contributed by atoms with Crippen LogP contribution in [0.2, 0.25) is 0 Å². The molecule has 3 aromatic rings. The largest absolute Gasteiger partial charge is 0.403 e. The van der Waals surface area contributed by atoms with Crippen molar-refractivity contribution in [3.05, 3.63) is 102 Å². The van der Waals surface area contributed by atoms with E-state index >= 15 is 0 Å². The van der Waals surface area contributed by atoms with Crippen molar-refractivity contribution in [2.75, 3.05) is 4.90 Å². The second kappa shape index (κ2) is 11.0. The number of aryl methyl sites for hydroxylation is 1. The van der Waals surface area contributed by atoms with Crippen molar-refractivity contribution in [3.63, 3.8) is 0 Å². The number of hydrogen-bond acceptors (Lipinski definition) is 3. The molecule has 0 amide bonds. The Bertz CT molecular complexity index is 1060. The van der Waals surface area contributed by atoms with E-state index in [9.17, 15) is 0 Å². The number of hydrogen-bond donors (Lipinski definition) is 1. The SMILES string of the molecule is CC.CC=N/C(=C\N)c1ccc(N(c2ccccc2)c2cccc3c2C=CCC3)cc1. The van der Waals surface area contributed by atoms with Crippen molar-refractivity contribution < 1.29 is 0 Å². The van der Waals surface area contributed by atoms with E-state index in [1.54, 1.807) is 12.4 Å². The molecule has 0 aliphatic heterocycles. The maximum absolute atomic E-state index is 5.75. The second-order valence-electron chi connectivity index (χ2n) is 6.95. The van der Waals surface area contributed by atoms with Gasteiger partial charge in [0, 0.05) is 34.9 Å².